The van der Waals surface area contributed by atoms with Gasteiger partial charge in [-0.15, -0.1) is 0 Å². The van der Waals surface area contributed by atoms with Crippen LogP contribution in [0.3, 0.4) is 0 Å². The average Bonchev–Trinajstić information content (AvgIpc) is 3.15. The zero-order valence-electron chi connectivity index (χ0n) is 12.1. The van der Waals surface area contributed by atoms with Gasteiger partial charge < -0.3 is 24.6 Å². The predicted octanol–water partition coefficient (Wildman–Crippen LogP) is 1.22. The lowest BCUT2D eigenvalue weighted by Gasteiger charge is -2.18. The molecule has 2 N–H and O–H groups in total. The van der Waals surface area contributed by atoms with Crippen molar-refractivity contribution in [2.24, 2.45) is 0 Å². The van der Waals surface area contributed by atoms with Crippen LogP contribution in [0.25, 0.3) is 0 Å². The number of carbonyl (C=O) groups excluding carboxylic acids is 1. The fourth-order valence-electron chi connectivity index (χ4n) is 2.58. The highest BCUT2D eigenvalue weighted by Gasteiger charge is 2.35. The van der Waals surface area contributed by atoms with Crippen LogP contribution < -0.4 is 14.8 Å². The molecule has 0 aromatic heterocycles. The molecule has 3 atom stereocenters. The number of carboxylic acid groups (broad SMARTS) is 1. The molecule has 2 aliphatic heterocycles. The van der Waals surface area contributed by atoms with Gasteiger partial charge in [-0.3, -0.25) is 4.79 Å². The van der Waals surface area contributed by atoms with Crippen molar-refractivity contribution < 1.29 is 28.9 Å². The molecule has 2 heterocycles. The maximum absolute atomic E-state index is 12.1. The molecule has 1 aromatic carbocycles. The number of nitrogens with one attached hydrogen (secondary N) is 1. The first-order chi connectivity index (χ1) is 10.5. The number of amides is 1. The zero-order chi connectivity index (χ0) is 15.7. The van der Waals surface area contributed by atoms with E-state index in [-0.39, 0.29) is 18.7 Å². The highest BCUT2D eigenvalue weighted by Crippen LogP contribution is 2.34. The summed E-state index contributed by atoms with van der Waals surface area (Å²) in [5, 5.41) is 11.7. The molecule has 1 fully saturated rings. The van der Waals surface area contributed by atoms with E-state index in [1.165, 1.54) is 0 Å². The molecule has 2 aliphatic rings. The standard InChI is InChI=1S/C15H17NO6/c1-8(9-2-3-10-13(6-9)21-7-20-10)16-14(17)11-4-5-12(22-11)15(18)19/h2-3,6,8,11-12H,4-5,7H2,1H3,(H,16,17)(H,18,19)/t8?,11-,12+/m0/s1. The molecule has 0 aliphatic carbocycles. The van der Waals surface area contributed by atoms with Gasteiger partial charge in [-0.1, -0.05) is 6.07 Å². The number of ether oxygens (including phenoxy) is 3. The normalized spacial score (nSPS) is 24.0. The fraction of sp³-hybridized carbons (Fsp3) is 0.467. The maximum Gasteiger partial charge on any atom is 0.332 e. The van der Waals surface area contributed by atoms with E-state index in [1.54, 1.807) is 6.07 Å². The van der Waals surface area contributed by atoms with Gasteiger partial charge in [-0.05, 0) is 37.5 Å². The lowest BCUT2D eigenvalue weighted by molar-refractivity contribution is -0.151. The Bertz CT molecular complexity index is 602. The third-order valence-corrected chi connectivity index (χ3v) is 3.84. The van der Waals surface area contributed by atoms with Crippen LogP contribution in [0, 0.1) is 0 Å². The van der Waals surface area contributed by atoms with Crippen molar-refractivity contribution in [2.75, 3.05) is 6.79 Å². The molecule has 22 heavy (non-hydrogen) atoms. The third kappa shape index (κ3) is 2.85. The first kappa shape index (κ1) is 14.6. The summed E-state index contributed by atoms with van der Waals surface area (Å²) in [5.41, 5.74) is 0.880. The Labute approximate surface area is 127 Å². The van der Waals surface area contributed by atoms with Crippen LogP contribution in [0.15, 0.2) is 18.2 Å². The van der Waals surface area contributed by atoms with Crippen LogP contribution in [0.2, 0.25) is 0 Å². The van der Waals surface area contributed by atoms with Crippen LogP contribution in [0.5, 0.6) is 11.5 Å². The molecule has 1 unspecified atom stereocenters. The Morgan fingerprint density at radius 2 is 1.95 bits per heavy atom. The van der Waals surface area contributed by atoms with Crippen molar-refractivity contribution in [2.45, 2.75) is 38.0 Å². The van der Waals surface area contributed by atoms with Crippen LogP contribution in [-0.2, 0) is 14.3 Å². The quantitative estimate of drug-likeness (QED) is 0.869. The molecule has 0 bridgehead atoms. The van der Waals surface area contributed by atoms with Crippen LogP contribution in [0.1, 0.15) is 31.4 Å². The minimum atomic E-state index is -1.03. The number of carboxylic acids is 1. The maximum atomic E-state index is 12.1. The lowest BCUT2D eigenvalue weighted by Crippen LogP contribution is -2.37. The number of aliphatic carboxylic acids is 1. The summed E-state index contributed by atoms with van der Waals surface area (Å²) < 4.78 is 15.8. The van der Waals surface area contributed by atoms with Gasteiger partial charge in [0.1, 0.15) is 6.10 Å². The summed E-state index contributed by atoms with van der Waals surface area (Å²) in [6, 6.07) is 5.23. The lowest BCUT2D eigenvalue weighted by atomic mass is 10.1. The van der Waals surface area contributed by atoms with E-state index >= 15 is 0 Å². The van der Waals surface area contributed by atoms with Crippen molar-refractivity contribution in [3.63, 3.8) is 0 Å². The Morgan fingerprint density at radius 3 is 2.68 bits per heavy atom. The number of fused-ring (bicyclic) bond motifs is 1. The Morgan fingerprint density at radius 1 is 1.23 bits per heavy atom. The van der Waals surface area contributed by atoms with E-state index < -0.39 is 18.2 Å². The molecule has 118 valence electrons. The SMILES string of the molecule is CC(NC(=O)[C@@H]1CC[C@H](C(=O)O)O1)c1ccc2c(c1)OCO2. The van der Waals surface area contributed by atoms with E-state index in [4.69, 9.17) is 19.3 Å². The fourth-order valence-corrected chi connectivity index (χ4v) is 2.58. The van der Waals surface area contributed by atoms with Crippen molar-refractivity contribution >= 4 is 11.9 Å². The van der Waals surface area contributed by atoms with Crippen molar-refractivity contribution in [1.29, 1.82) is 0 Å². The summed E-state index contributed by atoms with van der Waals surface area (Å²) in [7, 11) is 0. The summed E-state index contributed by atoms with van der Waals surface area (Å²) in [4.78, 5) is 23.0. The van der Waals surface area contributed by atoms with Gasteiger partial charge in [0.05, 0.1) is 6.04 Å². The van der Waals surface area contributed by atoms with Crippen LogP contribution in [-0.4, -0.2) is 36.0 Å². The number of hydrogen-bond acceptors (Lipinski definition) is 5. The van der Waals surface area contributed by atoms with Crippen molar-refractivity contribution in [3.05, 3.63) is 23.8 Å². The predicted molar refractivity (Wildman–Crippen MR) is 74.7 cm³/mol. The highest BCUT2D eigenvalue weighted by atomic mass is 16.7. The van der Waals surface area contributed by atoms with Gasteiger partial charge in [0.15, 0.2) is 17.6 Å². The van der Waals surface area contributed by atoms with Gasteiger partial charge in [0.2, 0.25) is 12.7 Å². The molecule has 7 nitrogen and oxygen atoms in total. The van der Waals surface area contributed by atoms with E-state index in [2.05, 4.69) is 5.32 Å². The second-order valence-electron chi connectivity index (χ2n) is 5.37. The summed E-state index contributed by atoms with van der Waals surface area (Å²) in [5.74, 6) is 0.0143. The second-order valence-corrected chi connectivity index (χ2v) is 5.37. The topological polar surface area (TPSA) is 94.1 Å². The second kappa shape index (κ2) is 5.84. The number of carbonyl (C=O) groups is 2. The van der Waals surface area contributed by atoms with E-state index in [9.17, 15) is 9.59 Å². The summed E-state index contributed by atoms with van der Waals surface area (Å²) in [6.45, 7) is 2.05. The molecule has 7 heteroatoms. The van der Waals surface area contributed by atoms with E-state index in [0.717, 1.165) is 5.56 Å². The number of benzene rings is 1. The van der Waals surface area contributed by atoms with Gasteiger partial charge in [0.25, 0.3) is 0 Å². The van der Waals surface area contributed by atoms with Gasteiger partial charge in [0, 0.05) is 0 Å². The van der Waals surface area contributed by atoms with Gasteiger partial charge in [-0.2, -0.15) is 0 Å². The Balaban J connectivity index is 1.61. The molecular formula is C15H17NO6. The zero-order valence-corrected chi connectivity index (χ0v) is 12.1. The minimum Gasteiger partial charge on any atom is -0.479 e. The van der Waals surface area contributed by atoms with Gasteiger partial charge >= 0.3 is 5.97 Å². The Hall–Kier alpha value is -2.28. The molecule has 1 saturated heterocycles. The monoisotopic (exact) mass is 307 g/mol. The van der Waals surface area contributed by atoms with E-state index in [0.29, 0.717) is 24.3 Å². The molecule has 1 aromatic rings. The molecule has 0 spiro atoms. The molecule has 1 amide bonds. The minimum absolute atomic E-state index is 0.200. The number of rotatable bonds is 4. The van der Waals surface area contributed by atoms with Crippen LogP contribution >= 0.6 is 0 Å². The first-order valence-electron chi connectivity index (χ1n) is 7.13. The highest BCUT2D eigenvalue weighted by molar-refractivity contribution is 5.83. The number of hydrogen-bond donors (Lipinski definition) is 2. The van der Waals surface area contributed by atoms with E-state index in [1.807, 2.05) is 19.1 Å². The molecular weight excluding hydrogens is 290 g/mol. The van der Waals surface area contributed by atoms with Gasteiger partial charge in [-0.25, -0.2) is 4.79 Å². The summed E-state index contributed by atoms with van der Waals surface area (Å²) in [6.07, 6.45) is -0.836. The largest absolute Gasteiger partial charge is 0.479 e. The Kier molecular flexibility index (Phi) is 3.89. The van der Waals surface area contributed by atoms with Crippen molar-refractivity contribution in [1.82, 2.24) is 5.32 Å². The summed E-state index contributed by atoms with van der Waals surface area (Å²) >= 11 is 0. The van der Waals surface area contributed by atoms with Crippen molar-refractivity contribution in [3.8, 4) is 11.5 Å². The average molecular weight is 307 g/mol. The smallest absolute Gasteiger partial charge is 0.332 e. The molecule has 0 radical (unpaired) electrons. The molecule has 3 rings (SSSR count). The first-order valence-corrected chi connectivity index (χ1v) is 7.13. The third-order valence-electron chi connectivity index (χ3n) is 3.84. The molecule has 0 saturated carbocycles. The van der Waals surface area contributed by atoms with Crippen LogP contribution in [0.4, 0.5) is 0 Å².